The molecule has 0 saturated heterocycles. The van der Waals surface area contributed by atoms with Crippen molar-refractivity contribution < 1.29 is 19.1 Å². The Balaban J connectivity index is 1.33. The van der Waals surface area contributed by atoms with Gasteiger partial charge in [-0.25, -0.2) is 4.98 Å². The lowest BCUT2D eigenvalue weighted by Gasteiger charge is -2.18. The number of Topliss-reactive ketones (excluding diaryl/α,β-unsaturated/α-hetero) is 1. The highest BCUT2D eigenvalue weighted by Gasteiger charge is 2.22. The van der Waals surface area contributed by atoms with E-state index in [9.17, 15) is 9.59 Å². The molecule has 4 aromatic rings. The maximum atomic E-state index is 13.1. The monoisotopic (exact) mass is 483 g/mol. The van der Waals surface area contributed by atoms with E-state index in [-0.39, 0.29) is 31.1 Å². The summed E-state index contributed by atoms with van der Waals surface area (Å²) in [6, 6.07) is 26.3. The third kappa shape index (κ3) is 7.92. The molecule has 0 aliphatic carbocycles. The van der Waals surface area contributed by atoms with Gasteiger partial charge < -0.3 is 19.8 Å². The number of amides is 1. The quantitative estimate of drug-likeness (QED) is 0.299. The second-order valence-electron chi connectivity index (χ2n) is 8.44. The van der Waals surface area contributed by atoms with E-state index in [1.165, 1.54) is 6.33 Å². The molecule has 36 heavy (non-hydrogen) atoms. The number of ether oxygens (including phenoxy) is 2. The molecular weight excluding hydrogens is 454 g/mol. The average molecular weight is 484 g/mol. The first-order chi connectivity index (χ1) is 17.7. The predicted molar refractivity (Wildman–Crippen MR) is 136 cm³/mol. The first kappa shape index (κ1) is 24.9. The van der Waals surface area contributed by atoms with Gasteiger partial charge in [-0.05, 0) is 28.8 Å². The van der Waals surface area contributed by atoms with Crippen molar-refractivity contribution in [1.82, 2.24) is 15.3 Å². The number of aromatic amines is 1. The number of ketones is 1. The van der Waals surface area contributed by atoms with Gasteiger partial charge in [0.2, 0.25) is 5.91 Å². The Hall–Kier alpha value is -4.23. The Morgan fingerprint density at radius 2 is 1.47 bits per heavy atom. The van der Waals surface area contributed by atoms with Crippen LogP contribution < -0.4 is 10.1 Å². The fourth-order valence-corrected chi connectivity index (χ4v) is 3.65. The highest BCUT2D eigenvalue weighted by Crippen LogP contribution is 2.15. The van der Waals surface area contributed by atoms with Crippen LogP contribution in [0.4, 0.5) is 0 Å². The summed E-state index contributed by atoms with van der Waals surface area (Å²) in [6.07, 6.45) is 3.38. The smallest absolute Gasteiger partial charge is 0.226 e. The Bertz CT molecular complexity index is 1210. The molecule has 1 amide bonds. The molecule has 4 rings (SSSR count). The molecule has 0 bridgehead atoms. The van der Waals surface area contributed by atoms with Crippen molar-refractivity contribution in [1.29, 1.82) is 0 Å². The van der Waals surface area contributed by atoms with E-state index in [2.05, 4.69) is 15.3 Å². The second-order valence-corrected chi connectivity index (χ2v) is 8.44. The molecule has 2 N–H and O–H groups in total. The lowest BCUT2D eigenvalue weighted by atomic mass is 10.0. The fourth-order valence-electron chi connectivity index (χ4n) is 3.65. The van der Waals surface area contributed by atoms with Gasteiger partial charge in [-0.3, -0.25) is 9.59 Å². The van der Waals surface area contributed by atoms with Crippen molar-refractivity contribution in [2.45, 2.75) is 32.1 Å². The van der Waals surface area contributed by atoms with E-state index in [1.54, 1.807) is 6.20 Å². The van der Waals surface area contributed by atoms with Crippen molar-refractivity contribution in [2.75, 3.05) is 6.61 Å². The molecule has 0 unspecified atom stereocenters. The number of hydrogen-bond donors (Lipinski definition) is 2. The number of carbonyl (C=O) groups is 2. The molecule has 0 spiro atoms. The number of benzene rings is 3. The molecular formula is C29H29N3O4. The summed E-state index contributed by atoms with van der Waals surface area (Å²) in [5, 5.41) is 2.83. The van der Waals surface area contributed by atoms with Crippen molar-refractivity contribution >= 4 is 11.7 Å². The average Bonchev–Trinajstić information content (AvgIpc) is 3.42. The topological polar surface area (TPSA) is 93.3 Å². The van der Waals surface area contributed by atoms with Gasteiger partial charge in [-0.1, -0.05) is 72.8 Å². The number of hydrogen-bond acceptors (Lipinski definition) is 5. The molecule has 1 atom stereocenters. The lowest BCUT2D eigenvalue weighted by Crippen LogP contribution is -2.45. The molecule has 1 heterocycles. The van der Waals surface area contributed by atoms with Gasteiger partial charge in [0.25, 0.3) is 0 Å². The van der Waals surface area contributed by atoms with Crippen LogP contribution in [-0.4, -0.2) is 34.3 Å². The van der Waals surface area contributed by atoms with Gasteiger partial charge in [-0.15, -0.1) is 0 Å². The van der Waals surface area contributed by atoms with Crippen LogP contribution in [0.3, 0.4) is 0 Å². The van der Waals surface area contributed by atoms with Crippen LogP contribution in [0.15, 0.2) is 97.5 Å². The number of imidazole rings is 1. The maximum absolute atomic E-state index is 13.1. The van der Waals surface area contributed by atoms with E-state index in [4.69, 9.17) is 9.47 Å². The summed E-state index contributed by atoms with van der Waals surface area (Å²) >= 11 is 0. The summed E-state index contributed by atoms with van der Waals surface area (Å²) in [7, 11) is 0. The van der Waals surface area contributed by atoms with E-state index in [0.29, 0.717) is 18.9 Å². The van der Waals surface area contributed by atoms with Crippen molar-refractivity contribution in [2.24, 2.45) is 0 Å². The zero-order chi connectivity index (χ0) is 25.0. The van der Waals surface area contributed by atoms with E-state index >= 15 is 0 Å². The molecule has 3 aromatic carbocycles. The molecule has 7 heteroatoms. The third-order valence-electron chi connectivity index (χ3n) is 5.58. The molecule has 0 saturated carbocycles. The second kappa shape index (κ2) is 13.0. The predicted octanol–water partition coefficient (Wildman–Crippen LogP) is 4.04. The highest BCUT2D eigenvalue weighted by atomic mass is 16.5. The largest absolute Gasteiger partial charge is 0.489 e. The van der Waals surface area contributed by atoms with Crippen molar-refractivity contribution in [3.05, 3.63) is 120 Å². The summed E-state index contributed by atoms with van der Waals surface area (Å²) in [5.74, 6) is 0.329. The van der Waals surface area contributed by atoms with Crippen LogP contribution in [-0.2, 0) is 40.4 Å². The number of H-pyrrole nitrogens is 1. The van der Waals surface area contributed by atoms with Gasteiger partial charge in [0.05, 0.1) is 26.0 Å². The van der Waals surface area contributed by atoms with Crippen LogP contribution in [0.1, 0.15) is 22.4 Å². The standard InChI is InChI=1S/C29H29N3O4/c33-28(15-22-11-13-26(14-12-22)36-19-24-9-5-2-6-10-24)27(20-35-18-23-7-3-1-4-8-23)32-29(34)16-25-17-30-21-31-25/h1-14,17,21,27H,15-16,18-20H2,(H,30,31)(H,32,34)/t27-/m0/s1. The summed E-state index contributed by atoms with van der Waals surface area (Å²) in [6.45, 7) is 0.914. The van der Waals surface area contributed by atoms with E-state index in [1.807, 2.05) is 84.9 Å². The first-order valence-electron chi connectivity index (χ1n) is 11.8. The Labute approximate surface area is 210 Å². The number of nitrogens with one attached hydrogen (secondary N) is 2. The fraction of sp³-hybridized carbons (Fsp3) is 0.207. The molecule has 0 fully saturated rings. The summed E-state index contributed by atoms with van der Waals surface area (Å²) in [4.78, 5) is 32.5. The minimum absolute atomic E-state index is 0.0840. The van der Waals surface area contributed by atoms with Crippen molar-refractivity contribution in [3.8, 4) is 5.75 Å². The molecule has 7 nitrogen and oxygen atoms in total. The minimum Gasteiger partial charge on any atom is -0.489 e. The Kier molecular flexibility index (Phi) is 9.00. The van der Waals surface area contributed by atoms with Crippen LogP contribution in [0, 0.1) is 0 Å². The SMILES string of the molecule is O=C(Cc1cnc[nH]1)N[C@@H](COCc1ccccc1)C(=O)Cc1ccc(OCc2ccccc2)cc1. The molecule has 0 aliphatic heterocycles. The van der Waals surface area contributed by atoms with E-state index < -0.39 is 6.04 Å². The molecule has 1 aromatic heterocycles. The number of rotatable bonds is 13. The third-order valence-corrected chi connectivity index (χ3v) is 5.58. The van der Waals surface area contributed by atoms with Gasteiger partial charge in [0.1, 0.15) is 18.4 Å². The van der Waals surface area contributed by atoms with Crippen molar-refractivity contribution in [3.63, 3.8) is 0 Å². The van der Waals surface area contributed by atoms with E-state index in [0.717, 1.165) is 22.4 Å². The van der Waals surface area contributed by atoms with Gasteiger partial charge in [-0.2, -0.15) is 0 Å². The van der Waals surface area contributed by atoms with Crippen LogP contribution in [0.2, 0.25) is 0 Å². The maximum Gasteiger partial charge on any atom is 0.226 e. The number of carbonyl (C=O) groups excluding carboxylic acids is 2. The molecule has 0 aliphatic rings. The molecule has 0 radical (unpaired) electrons. The Morgan fingerprint density at radius 1 is 0.806 bits per heavy atom. The normalized spacial score (nSPS) is 11.6. The zero-order valence-electron chi connectivity index (χ0n) is 19.9. The number of aromatic nitrogens is 2. The van der Waals surface area contributed by atoms with Gasteiger partial charge >= 0.3 is 0 Å². The zero-order valence-corrected chi connectivity index (χ0v) is 19.9. The minimum atomic E-state index is -0.766. The highest BCUT2D eigenvalue weighted by molar-refractivity contribution is 5.91. The summed E-state index contributed by atoms with van der Waals surface area (Å²) in [5.41, 5.74) is 3.59. The first-order valence-corrected chi connectivity index (χ1v) is 11.8. The van der Waals surface area contributed by atoms with Crippen LogP contribution in [0.5, 0.6) is 5.75 Å². The van der Waals surface area contributed by atoms with Crippen LogP contribution in [0.25, 0.3) is 0 Å². The van der Waals surface area contributed by atoms with Crippen LogP contribution >= 0.6 is 0 Å². The van der Waals surface area contributed by atoms with Gasteiger partial charge in [0, 0.05) is 18.3 Å². The molecule has 184 valence electrons. The lowest BCUT2D eigenvalue weighted by molar-refractivity contribution is -0.128. The van der Waals surface area contributed by atoms with Gasteiger partial charge in [0.15, 0.2) is 5.78 Å². The Morgan fingerprint density at radius 3 is 2.11 bits per heavy atom. The summed E-state index contributed by atoms with van der Waals surface area (Å²) < 4.78 is 11.6. The number of nitrogens with zero attached hydrogens (tertiary/aromatic N) is 1.